The molecule has 0 amide bonds. The monoisotopic (exact) mass is 488 g/mol. The molecule has 2 aliphatic carbocycles. The Morgan fingerprint density at radius 3 is 2.00 bits per heavy atom. The zero-order chi connectivity index (χ0) is 21.6. The third-order valence-electron chi connectivity index (χ3n) is 7.43. The number of allylic oxidation sites excluding steroid dienone is 5. The van der Waals surface area contributed by atoms with Gasteiger partial charge in [-0.25, -0.2) is 0 Å². The van der Waals surface area contributed by atoms with Crippen molar-refractivity contribution in [2.75, 3.05) is 0 Å². The molecule has 2 heteroatoms. The SMILES string of the molecule is CCc1ccc(C2=C[CH]([Zr]([CH]3C(C)=C(C)C(C)=C3C)=[Si](C)C)c3ccccc32)cc1. The zero-order valence-electron chi connectivity index (χ0n) is 19.6. The van der Waals surface area contributed by atoms with Crippen LogP contribution in [0.4, 0.5) is 0 Å². The van der Waals surface area contributed by atoms with E-state index in [1.165, 1.54) is 22.3 Å². The Balaban J connectivity index is 1.87. The molecule has 4 rings (SSSR count). The molecule has 0 saturated heterocycles. The van der Waals surface area contributed by atoms with Crippen LogP contribution in [0.25, 0.3) is 5.57 Å². The van der Waals surface area contributed by atoms with E-state index < -0.39 is 20.4 Å². The molecule has 0 bridgehead atoms. The predicted octanol–water partition coefficient (Wildman–Crippen LogP) is 8.08. The van der Waals surface area contributed by atoms with Crippen LogP contribution in [0.5, 0.6) is 0 Å². The molecule has 0 fully saturated rings. The Hall–Kier alpha value is -1.24. The number of hydrogen-bond acceptors (Lipinski definition) is 0. The van der Waals surface area contributed by atoms with E-state index in [0.717, 1.165) is 10.0 Å². The van der Waals surface area contributed by atoms with Gasteiger partial charge in [-0.3, -0.25) is 0 Å². The van der Waals surface area contributed by atoms with Crippen LogP contribution in [-0.2, 0) is 26.8 Å². The van der Waals surface area contributed by atoms with E-state index in [1.54, 1.807) is 27.9 Å². The van der Waals surface area contributed by atoms with Crippen molar-refractivity contribution in [2.45, 2.75) is 61.4 Å². The van der Waals surface area contributed by atoms with Crippen LogP contribution in [0.3, 0.4) is 0 Å². The molecular formula is C28H34SiZr. The molecule has 2 aromatic rings. The van der Waals surface area contributed by atoms with E-state index >= 15 is 0 Å². The molecule has 0 radical (unpaired) electrons. The first-order valence-electron chi connectivity index (χ1n) is 11.3. The summed E-state index contributed by atoms with van der Waals surface area (Å²) in [7, 11) is 0. The van der Waals surface area contributed by atoms with Gasteiger partial charge < -0.3 is 0 Å². The van der Waals surface area contributed by atoms with E-state index in [1.807, 2.05) is 0 Å². The molecule has 30 heavy (non-hydrogen) atoms. The molecule has 0 saturated carbocycles. The quantitative estimate of drug-likeness (QED) is 0.381. The standard InChI is InChI=1S/C17H15.C9H13.C2H6Si.Zr/c1-2-13-7-9-15(10-8-13)17-12-11-14-5-3-4-6-16(14)17;1-6-5-7(2)9(4)8(6)3;1-3-2;/h3-12H,2H2,1H3;5H,1-4H3;1-2H3;. The maximum atomic E-state index is 2.70. The van der Waals surface area contributed by atoms with Crippen molar-refractivity contribution in [2.24, 2.45) is 0 Å². The van der Waals surface area contributed by atoms with Crippen molar-refractivity contribution < 1.29 is 20.4 Å². The van der Waals surface area contributed by atoms with Gasteiger partial charge in [0.25, 0.3) is 0 Å². The van der Waals surface area contributed by atoms with Crippen molar-refractivity contribution in [1.82, 2.24) is 0 Å². The second-order valence-electron chi connectivity index (χ2n) is 9.20. The molecule has 0 aromatic heterocycles. The van der Waals surface area contributed by atoms with E-state index in [4.69, 9.17) is 0 Å². The number of fused-ring (bicyclic) bond motifs is 1. The van der Waals surface area contributed by atoms with Crippen molar-refractivity contribution >= 4 is 11.0 Å². The Morgan fingerprint density at radius 2 is 1.43 bits per heavy atom. The fourth-order valence-electron chi connectivity index (χ4n) is 5.38. The molecule has 0 aliphatic heterocycles. The number of hydrogen-bond donors (Lipinski definition) is 0. The topological polar surface area (TPSA) is 0 Å². The second-order valence-corrected chi connectivity index (χ2v) is 27.2. The van der Waals surface area contributed by atoms with Crippen molar-refractivity contribution in [3.63, 3.8) is 0 Å². The van der Waals surface area contributed by atoms with Crippen LogP contribution < -0.4 is 0 Å². The van der Waals surface area contributed by atoms with Gasteiger partial charge in [-0.15, -0.1) is 0 Å². The average molecular weight is 490 g/mol. The van der Waals surface area contributed by atoms with E-state index in [9.17, 15) is 0 Å². The van der Waals surface area contributed by atoms with Crippen molar-refractivity contribution in [1.29, 1.82) is 0 Å². The molecule has 2 aromatic carbocycles. The summed E-state index contributed by atoms with van der Waals surface area (Å²) in [5.74, 6) is 0. The fraction of sp³-hybridized carbons (Fsp3) is 0.357. The first-order chi connectivity index (χ1) is 14.3. The number of rotatable bonds is 4. The molecule has 2 aliphatic rings. The van der Waals surface area contributed by atoms with Crippen molar-refractivity contribution in [3.05, 3.63) is 99.2 Å². The third kappa shape index (κ3) is 3.65. The van der Waals surface area contributed by atoms with Gasteiger partial charge in [0, 0.05) is 0 Å². The molecule has 0 nitrogen and oxygen atoms in total. The van der Waals surface area contributed by atoms with Gasteiger partial charge in [0.15, 0.2) is 0 Å². The second kappa shape index (κ2) is 8.71. The molecule has 0 spiro atoms. The molecule has 0 N–H and O–H groups in total. The van der Waals surface area contributed by atoms with E-state index in [-0.39, 0.29) is 5.43 Å². The summed E-state index contributed by atoms with van der Waals surface area (Å²) in [6.45, 7) is 17.0. The average Bonchev–Trinajstić information content (AvgIpc) is 3.22. The minimum atomic E-state index is -1.85. The summed E-state index contributed by atoms with van der Waals surface area (Å²) >= 11 is -1.85. The molecular weight excluding hydrogens is 456 g/mol. The van der Waals surface area contributed by atoms with Crippen LogP contribution >= 0.6 is 0 Å². The fourth-order valence-corrected chi connectivity index (χ4v) is 25.9. The van der Waals surface area contributed by atoms with Crippen molar-refractivity contribution in [3.8, 4) is 0 Å². The van der Waals surface area contributed by atoms with Crippen LogP contribution in [-0.4, -0.2) is 5.43 Å². The van der Waals surface area contributed by atoms with E-state index in [0.29, 0.717) is 3.63 Å². The van der Waals surface area contributed by atoms with Gasteiger partial charge >= 0.3 is 192 Å². The zero-order valence-corrected chi connectivity index (χ0v) is 23.0. The Kier molecular flexibility index (Phi) is 6.38. The van der Waals surface area contributed by atoms with Gasteiger partial charge in [-0.05, 0) is 0 Å². The Bertz CT molecular complexity index is 1100. The first kappa shape index (κ1) is 22.0. The summed E-state index contributed by atoms with van der Waals surface area (Å²) in [4.78, 5) is 0. The first-order valence-corrected chi connectivity index (χ1v) is 20.3. The van der Waals surface area contributed by atoms with Crippen LogP contribution in [0.2, 0.25) is 16.7 Å². The number of benzene rings is 2. The summed E-state index contributed by atoms with van der Waals surface area (Å²) in [6.07, 6.45) is 3.80. The Morgan fingerprint density at radius 1 is 0.833 bits per heavy atom. The predicted molar refractivity (Wildman–Crippen MR) is 130 cm³/mol. The van der Waals surface area contributed by atoms with Gasteiger partial charge in [-0.1, -0.05) is 0 Å². The van der Waals surface area contributed by atoms with E-state index in [2.05, 4.69) is 102 Å². The summed E-state index contributed by atoms with van der Waals surface area (Å²) in [5.41, 5.74) is 13.6. The summed E-state index contributed by atoms with van der Waals surface area (Å²) in [6, 6.07) is 18.6. The van der Waals surface area contributed by atoms with Gasteiger partial charge in [-0.2, -0.15) is 0 Å². The van der Waals surface area contributed by atoms with Gasteiger partial charge in [0.2, 0.25) is 0 Å². The molecule has 1 unspecified atom stereocenters. The van der Waals surface area contributed by atoms with Crippen LogP contribution in [0.1, 0.15) is 60.5 Å². The maximum absolute atomic E-state index is 2.70. The molecule has 1 atom stereocenters. The minimum absolute atomic E-state index is 0.323. The Labute approximate surface area is 191 Å². The molecule has 154 valence electrons. The third-order valence-corrected chi connectivity index (χ3v) is 27.1. The molecule has 0 heterocycles. The van der Waals surface area contributed by atoms with Crippen LogP contribution in [0, 0.1) is 0 Å². The summed E-state index contributed by atoms with van der Waals surface area (Å²) < 4.78 is 1.48. The normalized spacial score (nSPS) is 18.8. The number of aryl methyl sites for hydroxylation is 1. The van der Waals surface area contributed by atoms with Gasteiger partial charge in [0.05, 0.1) is 0 Å². The van der Waals surface area contributed by atoms with Gasteiger partial charge in [0.1, 0.15) is 0 Å². The summed E-state index contributed by atoms with van der Waals surface area (Å²) in [5, 5.41) is 0. The van der Waals surface area contributed by atoms with Crippen LogP contribution in [0.15, 0.2) is 76.9 Å².